The molecule has 0 N–H and O–H groups in total. The van der Waals surface area contributed by atoms with Gasteiger partial charge in [-0.15, -0.1) is 0 Å². The van der Waals surface area contributed by atoms with Crippen LogP contribution in [0.3, 0.4) is 0 Å². The lowest BCUT2D eigenvalue weighted by Crippen LogP contribution is -2.52. The van der Waals surface area contributed by atoms with Crippen LogP contribution in [0, 0.1) is 11.2 Å². The van der Waals surface area contributed by atoms with Crippen molar-refractivity contribution in [2.75, 3.05) is 39.4 Å². The Kier molecular flexibility index (Phi) is 8.50. The molecule has 35 heavy (non-hydrogen) atoms. The number of amides is 2. The summed E-state index contributed by atoms with van der Waals surface area (Å²) < 4.78 is 24.8. The Morgan fingerprint density at radius 1 is 0.886 bits per heavy atom. The molecule has 0 aromatic heterocycles. The highest BCUT2D eigenvalue weighted by Crippen LogP contribution is 2.36. The minimum atomic E-state index is -0.499. The second-order valence-electron chi connectivity index (χ2n) is 9.53. The Hall–Kier alpha value is -2.80. The molecule has 8 heteroatoms. The van der Waals surface area contributed by atoms with Crippen LogP contribution in [0.25, 0.3) is 0 Å². The van der Waals surface area contributed by atoms with Gasteiger partial charge in [0.05, 0.1) is 6.61 Å². The van der Waals surface area contributed by atoms with Gasteiger partial charge in [-0.25, -0.2) is 4.39 Å². The quantitative estimate of drug-likeness (QED) is 0.512. The predicted octanol–water partition coefficient (Wildman–Crippen LogP) is 4.95. The van der Waals surface area contributed by atoms with Crippen molar-refractivity contribution in [3.05, 3.63) is 59.4 Å². The van der Waals surface area contributed by atoms with Gasteiger partial charge in [0.15, 0.2) is 6.61 Å². The maximum Gasteiger partial charge on any atom is 0.260 e. The first-order valence-electron chi connectivity index (χ1n) is 12.2. The van der Waals surface area contributed by atoms with E-state index in [1.54, 1.807) is 17.0 Å². The third-order valence-electron chi connectivity index (χ3n) is 6.77. The van der Waals surface area contributed by atoms with Crippen LogP contribution in [0.15, 0.2) is 48.5 Å². The van der Waals surface area contributed by atoms with Crippen LogP contribution < -0.4 is 9.47 Å². The number of hydrogen-bond acceptors (Lipinski definition) is 4. The molecule has 2 heterocycles. The first-order valence-corrected chi connectivity index (χ1v) is 12.6. The Morgan fingerprint density at radius 2 is 1.63 bits per heavy atom. The Bertz CT molecular complexity index is 1010. The molecule has 0 bridgehead atoms. The van der Waals surface area contributed by atoms with E-state index in [2.05, 4.69) is 0 Å². The van der Waals surface area contributed by atoms with Crippen molar-refractivity contribution in [3.63, 3.8) is 0 Å². The van der Waals surface area contributed by atoms with E-state index < -0.39 is 5.41 Å². The zero-order valence-electron chi connectivity index (χ0n) is 19.9. The number of halogens is 2. The van der Waals surface area contributed by atoms with Crippen molar-refractivity contribution < 1.29 is 23.5 Å². The van der Waals surface area contributed by atoms with Gasteiger partial charge >= 0.3 is 0 Å². The number of carbonyl (C=O) groups excluding carboxylic acids is 2. The van der Waals surface area contributed by atoms with Gasteiger partial charge < -0.3 is 19.3 Å². The normalized spacial score (nSPS) is 20.4. The zero-order valence-corrected chi connectivity index (χ0v) is 20.6. The standard InChI is InChI=1S/C27H32ClFN2O4/c28-21-6-4-7-24(16-21)35-20-27(17-25(32)30-13-2-1-3-14-30)12-5-15-31(19-27)26(33)18-34-23-10-8-22(29)9-11-23/h4,6-11,16H,1-3,5,12-15,17-20H2/t27-/m0/s1. The maximum atomic E-state index is 13.2. The van der Waals surface area contributed by atoms with Gasteiger partial charge in [0.2, 0.25) is 5.91 Å². The van der Waals surface area contributed by atoms with Crippen molar-refractivity contribution in [2.45, 2.75) is 38.5 Å². The topological polar surface area (TPSA) is 59.1 Å². The summed E-state index contributed by atoms with van der Waals surface area (Å²) in [5, 5.41) is 0.583. The van der Waals surface area contributed by atoms with E-state index in [0.717, 1.165) is 45.2 Å². The van der Waals surface area contributed by atoms with E-state index in [0.29, 0.717) is 42.6 Å². The van der Waals surface area contributed by atoms with Crippen molar-refractivity contribution in [1.29, 1.82) is 0 Å². The molecule has 2 aromatic rings. The van der Waals surface area contributed by atoms with Crippen LogP contribution in [0.5, 0.6) is 11.5 Å². The summed E-state index contributed by atoms with van der Waals surface area (Å²) in [6, 6.07) is 12.8. The monoisotopic (exact) mass is 502 g/mol. The first kappa shape index (κ1) is 25.3. The number of piperidine rings is 2. The van der Waals surface area contributed by atoms with E-state index in [4.69, 9.17) is 21.1 Å². The molecule has 2 fully saturated rings. The summed E-state index contributed by atoms with van der Waals surface area (Å²) in [6.07, 6.45) is 5.11. The van der Waals surface area contributed by atoms with Crippen LogP contribution in [-0.2, 0) is 9.59 Å². The average molecular weight is 503 g/mol. The Morgan fingerprint density at radius 3 is 2.37 bits per heavy atom. The lowest BCUT2D eigenvalue weighted by atomic mass is 9.77. The number of carbonyl (C=O) groups is 2. The fraction of sp³-hybridized carbons (Fsp3) is 0.481. The average Bonchev–Trinajstić information content (AvgIpc) is 2.88. The SMILES string of the molecule is O=C(C[C@@]1(COc2cccc(Cl)c2)CCCN(C(=O)COc2ccc(F)cc2)C1)N1CCCCC1. The van der Waals surface area contributed by atoms with Gasteiger partial charge in [-0.1, -0.05) is 17.7 Å². The lowest BCUT2D eigenvalue weighted by Gasteiger charge is -2.43. The lowest BCUT2D eigenvalue weighted by molar-refractivity contribution is -0.143. The zero-order chi connectivity index (χ0) is 24.7. The van der Waals surface area contributed by atoms with Crippen molar-refractivity contribution in [3.8, 4) is 11.5 Å². The molecule has 2 saturated heterocycles. The van der Waals surface area contributed by atoms with Crippen LogP contribution in [0.1, 0.15) is 38.5 Å². The number of benzene rings is 2. The molecule has 0 saturated carbocycles. The van der Waals surface area contributed by atoms with Crippen LogP contribution in [0.2, 0.25) is 5.02 Å². The smallest absolute Gasteiger partial charge is 0.260 e. The van der Waals surface area contributed by atoms with Gasteiger partial charge in [-0.2, -0.15) is 0 Å². The number of nitrogens with zero attached hydrogens (tertiary/aromatic N) is 2. The van der Waals surface area contributed by atoms with Crippen LogP contribution in [0.4, 0.5) is 4.39 Å². The summed E-state index contributed by atoms with van der Waals surface area (Å²) >= 11 is 6.12. The van der Waals surface area contributed by atoms with Crippen LogP contribution >= 0.6 is 11.6 Å². The van der Waals surface area contributed by atoms with E-state index in [1.807, 2.05) is 17.0 Å². The van der Waals surface area contributed by atoms with Gasteiger partial charge in [-0.05, 0) is 74.6 Å². The molecule has 6 nitrogen and oxygen atoms in total. The van der Waals surface area contributed by atoms with Crippen molar-refractivity contribution in [1.82, 2.24) is 9.80 Å². The second-order valence-corrected chi connectivity index (χ2v) is 9.96. The summed E-state index contributed by atoms with van der Waals surface area (Å²) in [7, 11) is 0. The molecule has 0 radical (unpaired) electrons. The molecule has 2 aromatic carbocycles. The molecular formula is C27H32ClFN2O4. The van der Waals surface area contributed by atoms with E-state index >= 15 is 0 Å². The largest absolute Gasteiger partial charge is 0.493 e. The van der Waals surface area contributed by atoms with E-state index in [1.165, 1.54) is 24.3 Å². The summed E-state index contributed by atoms with van der Waals surface area (Å²) in [4.78, 5) is 30.0. The molecule has 2 aliphatic heterocycles. The van der Waals surface area contributed by atoms with Gasteiger partial charge in [0.1, 0.15) is 17.3 Å². The highest BCUT2D eigenvalue weighted by molar-refractivity contribution is 6.30. The summed E-state index contributed by atoms with van der Waals surface area (Å²) in [5.41, 5.74) is -0.499. The molecule has 2 amide bonds. The van der Waals surface area contributed by atoms with Gasteiger partial charge in [0.25, 0.3) is 5.91 Å². The fourth-order valence-corrected chi connectivity index (χ4v) is 5.05. The second kappa shape index (κ2) is 11.8. The molecule has 4 rings (SSSR count). The van der Waals surface area contributed by atoms with Gasteiger partial charge in [-0.3, -0.25) is 9.59 Å². The summed E-state index contributed by atoms with van der Waals surface area (Å²) in [5.74, 6) is 0.684. The Balaban J connectivity index is 1.44. The van der Waals surface area contributed by atoms with Crippen molar-refractivity contribution in [2.24, 2.45) is 5.41 Å². The number of likely N-dealkylation sites (tertiary alicyclic amines) is 2. The van der Waals surface area contributed by atoms with E-state index in [-0.39, 0.29) is 24.2 Å². The molecule has 0 aliphatic carbocycles. The minimum Gasteiger partial charge on any atom is -0.493 e. The molecule has 0 unspecified atom stereocenters. The molecule has 2 aliphatic rings. The molecule has 1 atom stereocenters. The highest BCUT2D eigenvalue weighted by atomic mass is 35.5. The molecule has 0 spiro atoms. The van der Waals surface area contributed by atoms with Crippen LogP contribution in [-0.4, -0.2) is 61.0 Å². The number of ether oxygens (including phenoxy) is 2. The molecular weight excluding hydrogens is 471 g/mol. The number of rotatable bonds is 8. The van der Waals surface area contributed by atoms with E-state index in [9.17, 15) is 14.0 Å². The predicted molar refractivity (Wildman–Crippen MR) is 132 cm³/mol. The third-order valence-corrected chi connectivity index (χ3v) is 7.00. The maximum absolute atomic E-state index is 13.2. The number of hydrogen-bond donors (Lipinski definition) is 0. The molecule has 188 valence electrons. The fourth-order valence-electron chi connectivity index (χ4n) is 4.87. The van der Waals surface area contributed by atoms with Crippen molar-refractivity contribution >= 4 is 23.4 Å². The third kappa shape index (κ3) is 7.10. The minimum absolute atomic E-state index is 0.122. The van der Waals surface area contributed by atoms with Gasteiger partial charge in [0, 0.05) is 43.0 Å². The Labute approximate surface area is 210 Å². The highest BCUT2D eigenvalue weighted by Gasteiger charge is 2.41. The first-order chi connectivity index (χ1) is 16.9. The summed E-state index contributed by atoms with van der Waals surface area (Å²) in [6.45, 7) is 2.77.